The van der Waals surface area contributed by atoms with E-state index < -0.39 is 17.2 Å². The van der Waals surface area contributed by atoms with Crippen LogP contribution in [0.15, 0.2) is 10.5 Å². The van der Waals surface area contributed by atoms with Crippen LogP contribution in [-0.2, 0) is 5.54 Å². The molecular formula is C10H10BrF2NO. The minimum Gasteiger partial charge on any atom is -0.506 e. The second-order valence-corrected chi connectivity index (χ2v) is 4.74. The van der Waals surface area contributed by atoms with Crippen molar-refractivity contribution in [2.24, 2.45) is 5.73 Å². The molecule has 2 nitrogen and oxygen atoms in total. The first-order chi connectivity index (χ1) is 6.96. The van der Waals surface area contributed by atoms with Crippen molar-refractivity contribution < 1.29 is 13.9 Å². The number of nitrogens with two attached hydrogens (primary N) is 1. The maximum Gasteiger partial charge on any atom is 0.167 e. The lowest BCUT2D eigenvalue weighted by molar-refractivity contribution is 0.233. The van der Waals surface area contributed by atoms with Gasteiger partial charge >= 0.3 is 0 Å². The summed E-state index contributed by atoms with van der Waals surface area (Å²) in [6, 6.07) is 0.899. The van der Waals surface area contributed by atoms with E-state index in [1.807, 2.05) is 0 Å². The molecule has 1 aromatic rings. The standard InChI is InChI=1S/C10H10BrF2NO/c11-5-4-6(12)8(13)7(9(5)15)10(14)2-1-3-10/h4,15H,1-3,14H2. The van der Waals surface area contributed by atoms with Gasteiger partial charge in [-0.15, -0.1) is 0 Å². The molecule has 0 amide bonds. The highest BCUT2D eigenvalue weighted by atomic mass is 79.9. The molecule has 1 fully saturated rings. The topological polar surface area (TPSA) is 46.2 Å². The van der Waals surface area contributed by atoms with Gasteiger partial charge in [-0.25, -0.2) is 8.78 Å². The monoisotopic (exact) mass is 277 g/mol. The Hall–Kier alpha value is -0.680. The van der Waals surface area contributed by atoms with E-state index in [-0.39, 0.29) is 15.8 Å². The van der Waals surface area contributed by atoms with Gasteiger partial charge in [-0.05, 0) is 41.3 Å². The summed E-state index contributed by atoms with van der Waals surface area (Å²) in [4.78, 5) is 0. The molecule has 3 N–H and O–H groups in total. The fraction of sp³-hybridized carbons (Fsp3) is 0.400. The molecule has 0 aliphatic heterocycles. The maximum atomic E-state index is 13.5. The fourth-order valence-corrected chi connectivity index (χ4v) is 2.25. The van der Waals surface area contributed by atoms with E-state index in [2.05, 4.69) is 15.9 Å². The van der Waals surface area contributed by atoms with E-state index in [0.29, 0.717) is 12.8 Å². The second kappa shape index (κ2) is 3.42. The van der Waals surface area contributed by atoms with E-state index in [9.17, 15) is 13.9 Å². The van der Waals surface area contributed by atoms with Gasteiger partial charge in [-0.2, -0.15) is 0 Å². The molecule has 0 aromatic heterocycles. The molecule has 5 heteroatoms. The van der Waals surface area contributed by atoms with Gasteiger partial charge in [0.25, 0.3) is 0 Å². The highest BCUT2D eigenvalue weighted by Gasteiger charge is 2.40. The van der Waals surface area contributed by atoms with Gasteiger partial charge in [0, 0.05) is 5.54 Å². The Morgan fingerprint density at radius 2 is 2.00 bits per heavy atom. The number of rotatable bonds is 1. The van der Waals surface area contributed by atoms with Crippen LogP contribution in [0.25, 0.3) is 0 Å². The third-order valence-corrected chi connectivity index (χ3v) is 3.49. The summed E-state index contributed by atoms with van der Waals surface area (Å²) < 4.78 is 26.8. The van der Waals surface area contributed by atoms with Gasteiger partial charge in [0.05, 0.1) is 10.0 Å². The van der Waals surface area contributed by atoms with Gasteiger partial charge in [0.15, 0.2) is 11.6 Å². The highest BCUT2D eigenvalue weighted by Crippen LogP contribution is 2.46. The van der Waals surface area contributed by atoms with Crippen LogP contribution in [0.3, 0.4) is 0 Å². The van der Waals surface area contributed by atoms with Crippen LogP contribution in [0.4, 0.5) is 8.78 Å². The van der Waals surface area contributed by atoms with Gasteiger partial charge < -0.3 is 10.8 Å². The Kier molecular flexibility index (Phi) is 2.47. The average molecular weight is 278 g/mol. The van der Waals surface area contributed by atoms with Crippen molar-refractivity contribution in [3.63, 3.8) is 0 Å². The average Bonchev–Trinajstić information content (AvgIpc) is 2.12. The van der Waals surface area contributed by atoms with Crippen LogP contribution >= 0.6 is 15.9 Å². The lowest BCUT2D eigenvalue weighted by Gasteiger charge is -2.39. The number of hydrogen-bond acceptors (Lipinski definition) is 2. The summed E-state index contributed by atoms with van der Waals surface area (Å²) in [5, 5.41) is 9.67. The van der Waals surface area contributed by atoms with Crippen LogP contribution in [0.1, 0.15) is 24.8 Å². The summed E-state index contributed by atoms with van der Waals surface area (Å²) in [7, 11) is 0. The summed E-state index contributed by atoms with van der Waals surface area (Å²) in [6.45, 7) is 0. The Bertz CT molecular complexity index is 392. The van der Waals surface area contributed by atoms with Crippen LogP contribution in [-0.4, -0.2) is 5.11 Å². The third-order valence-electron chi connectivity index (χ3n) is 2.89. The molecule has 0 heterocycles. The van der Waals surface area contributed by atoms with Gasteiger partial charge in [-0.3, -0.25) is 0 Å². The minimum atomic E-state index is -1.04. The van der Waals surface area contributed by atoms with E-state index in [4.69, 9.17) is 5.73 Å². The third kappa shape index (κ3) is 1.54. The normalized spacial score (nSPS) is 18.7. The van der Waals surface area contributed by atoms with Gasteiger partial charge in [0.1, 0.15) is 5.75 Å². The lowest BCUT2D eigenvalue weighted by atomic mass is 9.72. The van der Waals surface area contributed by atoms with Crippen molar-refractivity contribution in [1.29, 1.82) is 0 Å². The minimum absolute atomic E-state index is 0.111. The summed E-state index contributed by atoms with van der Waals surface area (Å²) in [6.07, 6.45) is 1.99. The SMILES string of the molecule is NC1(c2c(O)c(Br)cc(F)c2F)CCC1. The van der Waals surface area contributed by atoms with Gasteiger partial charge in [0.2, 0.25) is 0 Å². The molecule has 0 radical (unpaired) electrons. The first-order valence-electron chi connectivity index (χ1n) is 4.61. The molecule has 1 saturated carbocycles. The smallest absolute Gasteiger partial charge is 0.167 e. The molecule has 0 unspecified atom stereocenters. The Balaban J connectivity index is 2.63. The van der Waals surface area contributed by atoms with Crippen molar-refractivity contribution >= 4 is 15.9 Å². The fourth-order valence-electron chi connectivity index (χ4n) is 1.85. The number of halogens is 3. The van der Waals surface area contributed by atoms with E-state index in [0.717, 1.165) is 12.5 Å². The molecule has 0 atom stereocenters. The molecule has 0 spiro atoms. The molecule has 0 bridgehead atoms. The second-order valence-electron chi connectivity index (χ2n) is 3.89. The zero-order valence-corrected chi connectivity index (χ0v) is 9.44. The summed E-state index contributed by atoms with van der Waals surface area (Å²) in [5.74, 6) is -2.33. The Labute approximate surface area is 94.2 Å². The maximum absolute atomic E-state index is 13.5. The first kappa shape index (κ1) is 10.8. The molecule has 1 aliphatic carbocycles. The van der Waals surface area contributed by atoms with E-state index in [1.54, 1.807) is 0 Å². The van der Waals surface area contributed by atoms with Crippen molar-refractivity contribution in [3.8, 4) is 5.75 Å². The predicted molar refractivity (Wildman–Crippen MR) is 55.4 cm³/mol. The number of phenolic OH excluding ortho intramolecular Hbond substituents is 1. The summed E-state index contributed by atoms with van der Waals surface area (Å²) >= 11 is 2.96. The largest absolute Gasteiger partial charge is 0.506 e. The Morgan fingerprint density at radius 3 is 2.47 bits per heavy atom. The number of benzene rings is 1. The molecular weight excluding hydrogens is 268 g/mol. The number of phenols is 1. The first-order valence-corrected chi connectivity index (χ1v) is 5.41. The number of hydrogen-bond donors (Lipinski definition) is 2. The Morgan fingerprint density at radius 1 is 1.40 bits per heavy atom. The predicted octanol–water partition coefficient (Wildman–Crippen LogP) is 2.77. The quantitative estimate of drug-likeness (QED) is 0.776. The molecule has 82 valence electrons. The van der Waals surface area contributed by atoms with Crippen LogP contribution in [0.5, 0.6) is 5.75 Å². The van der Waals surface area contributed by atoms with Crippen molar-refractivity contribution in [2.75, 3.05) is 0 Å². The van der Waals surface area contributed by atoms with Crippen LogP contribution < -0.4 is 5.73 Å². The lowest BCUT2D eigenvalue weighted by Crippen LogP contribution is -2.44. The molecule has 1 aliphatic rings. The highest BCUT2D eigenvalue weighted by molar-refractivity contribution is 9.10. The van der Waals surface area contributed by atoms with E-state index >= 15 is 0 Å². The van der Waals surface area contributed by atoms with Crippen molar-refractivity contribution in [3.05, 3.63) is 27.7 Å². The molecule has 1 aromatic carbocycles. The van der Waals surface area contributed by atoms with Crippen LogP contribution in [0.2, 0.25) is 0 Å². The van der Waals surface area contributed by atoms with Crippen molar-refractivity contribution in [1.82, 2.24) is 0 Å². The number of aromatic hydroxyl groups is 1. The van der Waals surface area contributed by atoms with E-state index in [1.165, 1.54) is 0 Å². The molecule has 15 heavy (non-hydrogen) atoms. The zero-order chi connectivity index (χ0) is 11.2. The van der Waals surface area contributed by atoms with Gasteiger partial charge in [-0.1, -0.05) is 0 Å². The molecule has 2 rings (SSSR count). The van der Waals surface area contributed by atoms with Crippen LogP contribution in [0, 0.1) is 11.6 Å². The summed E-state index contributed by atoms with van der Waals surface area (Å²) in [5.41, 5.74) is 4.85. The molecule has 0 saturated heterocycles. The zero-order valence-electron chi connectivity index (χ0n) is 7.86. The van der Waals surface area contributed by atoms with Crippen molar-refractivity contribution in [2.45, 2.75) is 24.8 Å².